The zero-order valence-corrected chi connectivity index (χ0v) is 18.2. The second kappa shape index (κ2) is 8.41. The van der Waals surface area contributed by atoms with Gasteiger partial charge in [-0.1, -0.05) is 11.6 Å². The number of carbonyl (C=O) groups is 1. The largest absolute Gasteiger partial charge is 0.322 e. The highest BCUT2D eigenvalue weighted by atomic mass is 35.5. The summed E-state index contributed by atoms with van der Waals surface area (Å²) < 4.78 is 66.9. The van der Waals surface area contributed by atoms with E-state index < -0.39 is 38.4 Å². The Labute approximate surface area is 188 Å². The van der Waals surface area contributed by atoms with Crippen molar-refractivity contribution in [3.05, 3.63) is 58.4 Å². The van der Waals surface area contributed by atoms with Crippen LogP contribution in [0.5, 0.6) is 0 Å². The van der Waals surface area contributed by atoms with Crippen LogP contribution in [0.25, 0.3) is 0 Å². The van der Waals surface area contributed by atoms with Gasteiger partial charge in [-0.2, -0.15) is 5.26 Å². The number of rotatable bonds is 5. The summed E-state index contributed by atoms with van der Waals surface area (Å²) in [5, 5.41) is 10.6. The molecule has 2 aliphatic rings. The van der Waals surface area contributed by atoms with E-state index in [2.05, 4.69) is 11.4 Å². The maximum absolute atomic E-state index is 13.5. The van der Waals surface area contributed by atoms with E-state index in [-0.39, 0.29) is 38.9 Å². The fourth-order valence-corrected chi connectivity index (χ4v) is 8.02. The van der Waals surface area contributed by atoms with E-state index in [0.717, 1.165) is 18.9 Å². The van der Waals surface area contributed by atoms with Gasteiger partial charge in [0.05, 0.1) is 21.2 Å². The molecule has 4 atom stereocenters. The van der Waals surface area contributed by atoms with Crippen molar-refractivity contribution in [2.24, 2.45) is 17.8 Å². The average molecular weight is 483 g/mol. The van der Waals surface area contributed by atoms with Gasteiger partial charge in [0, 0.05) is 29.8 Å². The molecule has 1 N–H and O–H groups in total. The first kappa shape index (κ1) is 22.6. The molecule has 2 saturated carbocycles. The first-order valence-corrected chi connectivity index (χ1v) is 11.9. The Balaban J connectivity index is 1.63. The average Bonchev–Trinajstić information content (AvgIpc) is 3.31. The summed E-state index contributed by atoms with van der Waals surface area (Å²) in [6.07, 6.45) is 2.45. The van der Waals surface area contributed by atoms with Crippen LogP contribution in [0.3, 0.4) is 0 Å². The van der Waals surface area contributed by atoms with E-state index in [1.165, 1.54) is 12.1 Å². The number of anilines is 1. The number of carbonyl (C=O) groups excluding carboxylic acids is 1. The van der Waals surface area contributed by atoms with Crippen LogP contribution >= 0.6 is 11.6 Å². The van der Waals surface area contributed by atoms with Crippen LogP contribution in [0, 0.1) is 46.5 Å². The topological polar surface area (TPSA) is 87.0 Å². The SMILES string of the molecule is N#CC[C@H]1CC2CCC1[C@@H]2S(=O)(=O)c1cc(C(=O)Nc2cc(F)c(F)c(F)c2)ccc1Cl. The molecular formula is C22H18ClF3N2O3S. The third kappa shape index (κ3) is 3.86. The molecule has 5 nitrogen and oxygen atoms in total. The number of hydrogen-bond acceptors (Lipinski definition) is 4. The first-order chi connectivity index (χ1) is 15.1. The second-order valence-electron chi connectivity index (χ2n) is 8.22. The van der Waals surface area contributed by atoms with Crippen molar-refractivity contribution >= 4 is 33.0 Å². The summed E-state index contributed by atoms with van der Waals surface area (Å²) in [5.41, 5.74) is -0.407. The molecule has 2 aromatic carbocycles. The summed E-state index contributed by atoms with van der Waals surface area (Å²) in [7, 11) is -3.90. The number of nitrogens with one attached hydrogen (secondary N) is 1. The standard InChI is InChI=1S/C22H18ClF3N2O3S/c23-16-4-2-13(22(29)28-14-9-17(24)20(26)18(25)10-14)8-19(16)32(30,31)21-12-1-3-15(21)11(7-12)5-6-27/h2,4,8-12,15,21H,1,3,5,7H2,(H,28,29)/t11-,12?,15?,21+/m0/s1. The summed E-state index contributed by atoms with van der Waals surface area (Å²) in [5.74, 6) is -5.62. The van der Waals surface area contributed by atoms with E-state index in [0.29, 0.717) is 25.0 Å². The molecule has 2 fully saturated rings. The van der Waals surface area contributed by atoms with Crippen molar-refractivity contribution < 1.29 is 26.4 Å². The fraction of sp³-hybridized carbons (Fsp3) is 0.364. The number of fused-ring (bicyclic) bond motifs is 2. The molecular weight excluding hydrogens is 465 g/mol. The van der Waals surface area contributed by atoms with Crippen molar-refractivity contribution in [3.8, 4) is 6.07 Å². The third-order valence-electron chi connectivity index (χ3n) is 6.42. The van der Waals surface area contributed by atoms with Gasteiger partial charge in [-0.3, -0.25) is 4.79 Å². The lowest BCUT2D eigenvalue weighted by molar-refractivity contribution is 0.102. The minimum Gasteiger partial charge on any atom is -0.322 e. The molecule has 168 valence electrons. The fourth-order valence-electron chi connectivity index (χ4n) is 5.08. The van der Waals surface area contributed by atoms with Gasteiger partial charge in [0.15, 0.2) is 27.3 Å². The molecule has 2 aromatic rings. The van der Waals surface area contributed by atoms with Gasteiger partial charge < -0.3 is 5.32 Å². The Bertz CT molecular complexity index is 1220. The maximum atomic E-state index is 13.5. The Morgan fingerprint density at radius 1 is 1.16 bits per heavy atom. The van der Waals surface area contributed by atoms with Crippen molar-refractivity contribution in [2.75, 3.05) is 5.32 Å². The van der Waals surface area contributed by atoms with Crippen LogP contribution in [-0.2, 0) is 9.84 Å². The molecule has 0 spiro atoms. The Kier molecular flexibility index (Phi) is 5.94. The molecule has 0 heterocycles. The van der Waals surface area contributed by atoms with Crippen molar-refractivity contribution in [2.45, 2.75) is 35.8 Å². The lowest BCUT2D eigenvalue weighted by Gasteiger charge is -2.20. The van der Waals surface area contributed by atoms with Gasteiger partial charge in [0.2, 0.25) is 0 Å². The predicted octanol–water partition coefficient (Wildman–Crippen LogP) is 5.11. The molecule has 4 rings (SSSR count). The van der Waals surface area contributed by atoms with Gasteiger partial charge in [-0.25, -0.2) is 21.6 Å². The van der Waals surface area contributed by atoms with Crippen LogP contribution < -0.4 is 5.32 Å². The van der Waals surface area contributed by atoms with Crippen LogP contribution in [-0.4, -0.2) is 19.6 Å². The van der Waals surface area contributed by atoms with Gasteiger partial charge >= 0.3 is 0 Å². The molecule has 0 aromatic heterocycles. The van der Waals surface area contributed by atoms with E-state index in [1.807, 2.05) is 0 Å². The number of sulfone groups is 1. The Hall–Kier alpha value is -2.57. The molecule has 32 heavy (non-hydrogen) atoms. The zero-order valence-electron chi connectivity index (χ0n) is 16.6. The van der Waals surface area contributed by atoms with Crippen LogP contribution in [0.1, 0.15) is 36.0 Å². The number of amides is 1. The molecule has 2 unspecified atom stereocenters. The smallest absolute Gasteiger partial charge is 0.255 e. The summed E-state index contributed by atoms with van der Waals surface area (Å²) in [6.45, 7) is 0. The van der Waals surface area contributed by atoms with Gasteiger partial charge in [-0.05, 0) is 55.2 Å². The van der Waals surface area contributed by atoms with Crippen LogP contribution in [0.15, 0.2) is 35.2 Å². The van der Waals surface area contributed by atoms with E-state index in [9.17, 15) is 26.4 Å². The quantitative estimate of drug-likeness (QED) is 0.600. The monoisotopic (exact) mass is 482 g/mol. The van der Waals surface area contributed by atoms with Gasteiger partial charge in [0.25, 0.3) is 5.91 Å². The predicted molar refractivity (Wildman–Crippen MR) is 111 cm³/mol. The highest BCUT2D eigenvalue weighted by Crippen LogP contribution is 2.54. The Morgan fingerprint density at radius 2 is 1.84 bits per heavy atom. The van der Waals surface area contributed by atoms with Gasteiger partial charge in [0.1, 0.15) is 0 Å². The minimum atomic E-state index is -3.90. The van der Waals surface area contributed by atoms with Crippen molar-refractivity contribution in [1.82, 2.24) is 0 Å². The van der Waals surface area contributed by atoms with E-state index in [1.54, 1.807) is 0 Å². The molecule has 2 bridgehead atoms. The molecule has 0 aliphatic heterocycles. The minimum absolute atomic E-state index is 0.0204. The normalized spacial score (nSPS) is 24.3. The number of nitriles is 1. The van der Waals surface area contributed by atoms with Crippen molar-refractivity contribution in [1.29, 1.82) is 5.26 Å². The summed E-state index contributed by atoms with van der Waals surface area (Å²) >= 11 is 6.19. The number of hydrogen-bond donors (Lipinski definition) is 1. The van der Waals surface area contributed by atoms with Crippen molar-refractivity contribution in [3.63, 3.8) is 0 Å². The highest BCUT2D eigenvalue weighted by molar-refractivity contribution is 7.92. The lowest BCUT2D eigenvalue weighted by Crippen LogP contribution is -2.28. The van der Waals surface area contributed by atoms with Gasteiger partial charge in [-0.15, -0.1) is 0 Å². The molecule has 10 heteroatoms. The third-order valence-corrected chi connectivity index (χ3v) is 9.27. The molecule has 0 saturated heterocycles. The molecule has 0 radical (unpaired) electrons. The van der Waals surface area contributed by atoms with E-state index >= 15 is 0 Å². The summed E-state index contributed by atoms with van der Waals surface area (Å²) in [4.78, 5) is 12.4. The highest BCUT2D eigenvalue weighted by Gasteiger charge is 2.54. The number of halogens is 4. The summed E-state index contributed by atoms with van der Waals surface area (Å²) in [6, 6.07) is 7.07. The number of nitrogens with zero attached hydrogens (tertiary/aromatic N) is 1. The van der Waals surface area contributed by atoms with Crippen LogP contribution in [0.4, 0.5) is 18.9 Å². The molecule has 2 aliphatic carbocycles. The number of benzene rings is 2. The molecule has 1 amide bonds. The lowest BCUT2D eigenvalue weighted by atomic mass is 9.87. The zero-order chi connectivity index (χ0) is 23.2. The Morgan fingerprint density at radius 3 is 2.50 bits per heavy atom. The van der Waals surface area contributed by atoms with Crippen LogP contribution in [0.2, 0.25) is 5.02 Å². The second-order valence-corrected chi connectivity index (χ2v) is 10.7. The maximum Gasteiger partial charge on any atom is 0.255 e. The first-order valence-electron chi connectivity index (χ1n) is 9.99. The van der Waals surface area contributed by atoms with E-state index in [4.69, 9.17) is 16.9 Å².